The van der Waals surface area contributed by atoms with E-state index in [0.29, 0.717) is 0 Å². The molecule has 1 aliphatic heterocycles. The average molecular weight is 360 g/mol. The molecule has 0 atom stereocenters. The lowest BCUT2D eigenvalue weighted by Crippen LogP contribution is -2.37. The molecule has 0 N–H and O–H groups in total. The lowest BCUT2D eigenvalue weighted by Gasteiger charge is -2.13. The predicted octanol–water partition coefficient (Wildman–Crippen LogP) is 5.43. The van der Waals surface area contributed by atoms with Crippen molar-refractivity contribution in [2.75, 3.05) is 11.9 Å². The van der Waals surface area contributed by atoms with Crippen molar-refractivity contribution in [1.82, 2.24) is 0 Å². The van der Waals surface area contributed by atoms with Gasteiger partial charge in [0.15, 0.2) is 11.4 Å². The Balaban J connectivity index is 1.72. The van der Waals surface area contributed by atoms with E-state index in [0.717, 1.165) is 0 Å². The molecular weight excluding hydrogens is 336 g/mol. The highest BCUT2D eigenvalue weighted by atomic mass is 32.2. The first-order valence-corrected chi connectivity index (χ1v) is 9.67. The SMILES string of the molecule is Cc1cccc(-[n+]2c(C)cc(C=C3Sc4ccccc4N3C)cc2C)c1. The van der Waals surface area contributed by atoms with Crippen LogP contribution in [0.4, 0.5) is 5.69 Å². The maximum absolute atomic E-state index is 2.31. The van der Waals surface area contributed by atoms with Crippen LogP contribution in [0.2, 0.25) is 0 Å². The van der Waals surface area contributed by atoms with Gasteiger partial charge in [-0.2, -0.15) is 4.57 Å². The summed E-state index contributed by atoms with van der Waals surface area (Å²) < 4.78 is 2.31. The Bertz CT molecular complexity index is 997. The molecule has 0 aliphatic carbocycles. The van der Waals surface area contributed by atoms with Crippen LogP contribution in [0.25, 0.3) is 11.8 Å². The number of benzene rings is 2. The van der Waals surface area contributed by atoms with Gasteiger partial charge in [0, 0.05) is 50.1 Å². The van der Waals surface area contributed by atoms with Gasteiger partial charge in [-0.15, -0.1) is 0 Å². The van der Waals surface area contributed by atoms with Gasteiger partial charge in [0.1, 0.15) is 0 Å². The van der Waals surface area contributed by atoms with Crippen LogP contribution in [0.5, 0.6) is 0 Å². The molecule has 0 radical (unpaired) electrons. The summed E-state index contributed by atoms with van der Waals surface area (Å²) in [7, 11) is 2.14. The second-order valence-corrected chi connectivity index (χ2v) is 7.92. The molecule has 0 spiro atoms. The van der Waals surface area contributed by atoms with E-state index in [1.54, 1.807) is 0 Å². The number of anilines is 1. The number of rotatable bonds is 2. The van der Waals surface area contributed by atoms with Crippen LogP contribution < -0.4 is 9.47 Å². The van der Waals surface area contributed by atoms with Crippen molar-refractivity contribution in [2.24, 2.45) is 0 Å². The van der Waals surface area contributed by atoms with E-state index in [1.807, 2.05) is 11.8 Å². The summed E-state index contributed by atoms with van der Waals surface area (Å²) in [5, 5.41) is 1.26. The van der Waals surface area contributed by atoms with Crippen LogP contribution in [0, 0.1) is 20.8 Å². The zero-order valence-electron chi connectivity index (χ0n) is 15.7. The fourth-order valence-corrected chi connectivity index (χ4v) is 4.69. The molecule has 0 bridgehead atoms. The Morgan fingerprint density at radius 2 is 1.62 bits per heavy atom. The Labute approximate surface area is 159 Å². The number of para-hydroxylation sites is 1. The molecule has 0 fully saturated rings. The number of aromatic nitrogens is 1. The number of fused-ring (bicyclic) bond motifs is 1. The van der Waals surface area contributed by atoms with Crippen molar-refractivity contribution in [3.8, 4) is 5.69 Å². The average Bonchev–Trinajstić information content (AvgIpc) is 2.91. The second kappa shape index (κ2) is 6.65. The summed E-state index contributed by atoms with van der Waals surface area (Å²) in [4.78, 5) is 3.59. The van der Waals surface area contributed by atoms with Crippen molar-refractivity contribution in [2.45, 2.75) is 25.7 Å². The lowest BCUT2D eigenvalue weighted by atomic mass is 10.1. The van der Waals surface area contributed by atoms with E-state index < -0.39 is 0 Å². The van der Waals surface area contributed by atoms with Crippen LogP contribution in [-0.4, -0.2) is 7.05 Å². The van der Waals surface area contributed by atoms with Crippen molar-refractivity contribution in [3.05, 3.63) is 88.2 Å². The highest BCUT2D eigenvalue weighted by Crippen LogP contribution is 2.45. The third kappa shape index (κ3) is 3.04. The predicted molar refractivity (Wildman–Crippen MR) is 111 cm³/mol. The zero-order chi connectivity index (χ0) is 18.3. The summed E-state index contributed by atoms with van der Waals surface area (Å²) in [5.74, 6) is 0. The number of nitrogens with zero attached hydrogens (tertiary/aromatic N) is 2. The van der Waals surface area contributed by atoms with Gasteiger partial charge in [0.2, 0.25) is 5.69 Å². The third-order valence-corrected chi connectivity index (χ3v) is 5.94. The van der Waals surface area contributed by atoms with Crippen molar-refractivity contribution in [3.63, 3.8) is 0 Å². The van der Waals surface area contributed by atoms with Gasteiger partial charge in [-0.3, -0.25) is 0 Å². The molecule has 2 nitrogen and oxygen atoms in total. The molecule has 2 heterocycles. The summed E-state index contributed by atoms with van der Waals surface area (Å²) in [5.41, 5.74) is 7.51. The maximum atomic E-state index is 2.31. The third-order valence-electron chi connectivity index (χ3n) is 4.78. The molecule has 130 valence electrons. The van der Waals surface area contributed by atoms with E-state index in [4.69, 9.17) is 0 Å². The van der Waals surface area contributed by atoms with Crippen LogP contribution >= 0.6 is 11.8 Å². The molecule has 0 amide bonds. The molecule has 0 saturated carbocycles. The van der Waals surface area contributed by atoms with Gasteiger partial charge in [-0.25, -0.2) is 0 Å². The van der Waals surface area contributed by atoms with Crippen molar-refractivity contribution >= 4 is 23.5 Å². The molecule has 26 heavy (non-hydrogen) atoms. The molecule has 3 heteroatoms. The normalized spacial score (nSPS) is 14.8. The topological polar surface area (TPSA) is 7.12 Å². The number of hydrogen-bond acceptors (Lipinski definition) is 2. The number of pyridine rings is 1. The summed E-state index contributed by atoms with van der Waals surface area (Å²) in [6, 6.07) is 21.7. The molecule has 0 saturated heterocycles. The highest BCUT2D eigenvalue weighted by Gasteiger charge is 2.22. The van der Waals surface area contributed by atoms with E-state index >= 15 is 0 Å². The van der Waals surface area contributed by atoms with E-state index in [2.05, 4.69) is 104 Å². The molecule has 1 aliphatic rings. The van der Waals surface area contributed by atoms with Crippen LogP contribution in [0.15, 0.2) is 70.6 Å². The van der Waals surface area contributed by atoms with Gasteiger partial charge >= 0.3 is 0 Å². The van der Waals surface area contributed by atoms with Gasteiger partial charge < -0.3 is 4.90 Å². The Morgan fingerprint density at radius 1 is 0.885 bits per heavy atom. The maximum Gasteiger partial charge on any atom is 0.211 e. The number of thioether (sulfide) groups is 1. The Morgan fingerprint density at radius 3 is 2.31 bits per heavy atom. The molecule has 3 aromatic rings. The minimum atomic E-state index is 1.22. The minimum Gasteiger partial charge on any atom is -0.338 e. The molecule has 1 aromatic heterocycles. The van der Waals surface area contributed by atoms with Crippen LogP contribution in [0.3, 0.4) is 0 Å². The first-order chi connectivity index (χ1) is 12.5. The molecule has 2 aromatic carbocycles. The highest BCUT2D eigenvalue weighted by molar-refractivity contribution is 8.03. The monoisotopic (exact) mass is 359 g/mol. The van der Waals surface area contributed by atoms with E-state index in [9.17, 15) is 0 Å². The number of hydrogen-bond donors (Lipinski definition) is 0. The van der Waals surface area contributed by atoms with Gasteiger partial charge in [0.05, 0.1) is 10.7 Å². The van der Waals surface area contributed by atoms with E-state index in [-0.39, 0.29) is 0 Å². The number of aryl methyl sites for hydroxylation is 3. The summed E-state index contributed by atoms with van der Waals surface area (Å²) in [6.45, 7) is 6.49. The first-order valence-electron chi connectivity index (χ1n) is 8.85. The molecular formula is C23H23N2S+. The van der Waals surface area contributed by atoms with Gasteiger partial charge in [-0.05, 0) is 36.3 Å². The minimum absolute atomic E-state index is 1.22. The molecule has 0 unspecified atom stereocenters. The zero-order valence-corrected chi connectivity index (χ0v) is 16.5. The van der Waals surface area contributed by atoms with Gasteiger partial charge in [-0.1, -0.05) is 36.0 Å². The Hall–Kier alpha value is -2.52. The van der Waals surface area contributed by atoms with Crippen molar-refractivity contribution < 1.29 is 4.57 Å². The first kappa shape index (κ1) is 16.9. The van der Waals surface area contributed by atoms with Crippen LogP contribution in [0.1, 0.15) is 22.5 Å². The fraction of sp³-hybridized carbons (Fsp3) is 0.174. The lowest BCUT2D eigenvalue weighted by molar-refractivity contribution is -0.609. The smallest absolute Gasteiger partial charge is 0.211 e. The van der Waals surface area contributed by atoms with E-state index in [1.165, 1.54) is 43.8 Å². The largest absolute Gasteiger partial charge is 0.338 e. The van der Waals surface area contributed by atoms with Gasteiger partial charge in [0.25, 0.3) is 0 Å². The summed E-state index contributed by atoms with van der Waals surface area (Å²) in [6.07, 6.45) is 2.28. The summed E-state index contributed by atoms with van der Waals surface area (Å²) >= 11 is 1.83. The van der Waals surface area contributed by atoms with Crippen molar-refractivity contribution in [1.29, 1.82) is 0 Å². The standard InChI is InChI=1S/C23H23N2S/c1-16-8-7-9-20(12-16)25-17(2)13-19(14-18(25)3)15-23-24(4)21-10-5-6-11-22(21)26-23/h5-15H,1-4H3/q+1. The molecule has 4 rings (SSSR count). The van der Waals surface area contributed by atoms with Crippen LogP contribution in [-0.2, 0) is 0 Å². The second-order valence-electron chi connectivity index (χ2n) is 6.86. The Kier molecular flexibility index (Phi) is 4.33. The fourth-order valence-electron chi connectivity index (χ4n) is 3.58. The quantitative estimate of drug-likeness (QED) is 0.563.